The molecular formula is C14H20NO5P. The first-order valence-electron chi connectivity index (χ1n) is 6.84. The number of aromatic nitrogens is 1. The number of hydrogen-bond donors (Lipinski definition) is 2. The van der Waals surface area contributed by atoms with E-state index in [-0.39, 0.29) is 11.4 Å². The molecule has 0 bridgehead atoms. The Balaban J connectivity index is 2.46. The fraction of sp³-hybridized carbons (Fsp3) is 0.500. The van der Waals surface area contributed by atoms with Gasteiger partial charge in [-0.2, -0.15) is 0 Å². The average molecular weight is 313 g/mol. The first-order valence-corrected chi connectivity index (χ1v) is 8.45. The number of oxazole rings is 1. The molecule has 0 aliphatic rings. The van der Waals surface area contributed by atoms with Crippen LogP contribution in [0.2, 0.25) is 0 Å². The van der Waals surface area contributed by atoms with E-state index in [4.69, 9.17) is 18.6 Å². The Labute approximate surface area is 123 Å². The van der Waals surface area contributed by atoms with Crippen molar-refractivity contribution in [3.8, 4) is 11.5 Å². The van der Waals surface area contributed by atoms with E-state index in [0.29, 0.717) is 35.4 Å². The van der Waals surface area contributed by atoms with Crippen LogP contribution in [0.4, 0.5) is 0 Å². The summed E-state index contributed by atoms with van der Waals surface area (Å²) in [7, 11) is -4.40. The molecular weight excluding hydrogens is 293 g/mol. The zero-order chi connectivity index (χ0) is 15.8. The molecule has 0 unspecified atom stereocenters. The summed E-state index contributed by atoms with van der Waals surface area (Å²) in [5, 5.41) is 0. The first kappa shape index (κ1) is 16.0. The number of nitrogens with zero attached hydrogens (tertiary/aromatic N) is 1. The molecule has 2 rings (SSSR count). The number of hydrogen-bond acceptors (Lipinski definition) is 4. The van der Waals surface area contributed by atoms with Crippen LogP contribution in [-0.4, -0.2) is 14.8 Å². The molecule has 0 saturated carbocycles. The van der Waals surface area contributed by atoms with Gasteiger partial charge in [0.1, 0.15) is 11.5 Å². The lowest BCUT2D eigenvalue weighted by atomic mass is 10.1. The van der Waals surface area contributed by atoms with Gasteiger partial charge in [0.15, 0.2) is 11.7 Å². The Kier molecular flexibility index (Phi) is 4.42. The van der Waals surface area contributed by atoms with Crippen LogP contribution in [0.5, 0.6) is 0 Å². The van der Waals surface area contributed by atoms with Crippen molar-refractivity contribution in [2.24, 2.45) is 5.92 Å². The van der Waals surface area contributed by atoms with Crippen LogP contribution in [0, 0.1) is 5.92 Å². The minimum atomic E-state index is -4.40. The maximum atomic E-state index is 11.2. The van der Waals surface area contributed by atoms with Crippen molar-refractivity contribution >= 4 is 13.1 Å². The molecule has 0 aromatic carbocycles. The SMILES string of the molecule is CC(C)Cc1oc(C(C)C)nc1-c1ccc(P(=O)(O)O)o1. The Bertz CT molecular complexity index is 665. The molecule has 7 heteroatoms. The highest BCUT2D eigenvalue weighted by Gasteiger charge is 2.25. The van der Waals surface area contributed by atoms with E-state index in [2.05, 4.69) is 18.8 Å². The maximum absolute atomic E-state index is 11.2. The molecule has 0 saturated heterocycles. The van der Waals surface area contributed by atoms with Crippen molar-refractivity contribution in [2.75, 3.05) is 0 Å². The third-order valence-electron chi connectivity index (χ3n) is 2.91. The highest BCUT2D eigenvalue weighted by molar-refractivity contribution is 7.59. The predicted molar refractivity (Wildman–Crippen MR) is 78.5 cm³/mol. The lowest BCUT2D eigenvalue weighted by Crippen LogP contribution is -1.98. The molecule has 0 radical (unpaired) electrons. The highest BCUT2D eigenvalue weighted by atomic mass is 31.2. The fourth-order valence-electron chi connectivity index (χ4n) is 1.93. The summed E-state index contributed by atoms with van der Waals surface area (Å²) in [5.74, 6) is 2.09. The second-order valence-corrected chi connectivity index (χ2v) is 7.29. The minimum Gasteiger partial charge on any atom is -0.446 e. The molecule has 2 heterocycles. The van der Waals surface area contributed by atoms with Gasteiger partial charge in [0.2, 0.25) is 5.50 Å². The molecule has 21 heavy (non-hydrogen) atoms. The summed E-state index contributed by atoms with van der Waals surface area (Å²) in [5.41, 5.74) is 0.161. The fourth-order valence-corrected chi connectivity index (χ4v) is 2.42. The van der Waals surface area contributed by atoms with Crippen LogP contribution in [0.25, 0.3) is 11.5 Å². The summed E-state index contributed by atoms with van der Waals surface area (Å²) in [6.07, 6.45) is 0.682. The Hall–Kier alpha value is -1.36. The molecule has 6 nitrogen and oxygen atoms in total. The minimum absolute atomic E-state index is 0.126. The van der Waals surface area contributed by atoms with E-state index in [1.54, 1.807) is 0 Å². The monoisotopic (exact) mass is 313 g/mol. The van der Waals surface area contributed by atoms with Gasteiger partial charge in [0.05, 0.1) is 0 Å². The van der Waals surface area contributed by atoms with Crippen molar-refractivity contribution in [2.45, 2.75) is 40.0 Å². The third-order valence-corrected chi connectivity index (χ3v) is 3.73. The highest BCUT2D eigenvalue weighted by Crippen LogP contribution is 2.36. The van der Waals surface area contributed by atoms with E-state index < -0.39 is 7.60 Å². The van der Waals surface area contributed by atoms with Gasteiger partial charge in [-0.15, -0.1) is 0 Å². The Morgan fingerprint density at radius 1 is 1.19 bits per heavy atom. The molecule has 2 aromatic rings. The second kappa shape index (κ2) is 5.79. The lowest BCUT2D eigenvalue weighted by Gasteiger charge is -2.02. The molecule has 0 aliphatic carbocycles. The first-order chi connectivity index (χ1) is 9.68. The van der Waals surface area contributed by atoms with Crippen LogP contribution in [0.15, 0.2) is 21.0 Å². The summed E-state index contributed by atoms with van der Waals surface area (Å²) in [6.45, 7) is 8.06. The predicted octanol–water partition coefficient (Wildman–Crippen LogP) is 3.06. The molecule has 0 aliphatic heterocycles. The molecule has 0 fully saturated rings. The van der Waals surface area contributed by atoms with E-state index in [9.17, 15) is 4.57 Å². The quantitative estimate of drug-likeness (QED) is 0.823. The van der Waals surface area contributed by atoms with Gasteiger partial charge >= 0.3 is 7.60 Å². The standard InChI is InChI=1S/C14H20NO5P/c1-8(2)7-11-13(15-14(20-11)9(3)4)10-5-6-12(19-10)21(16,17)18/h5-6,8-9H,7H2,1-4H3,(H2,16,17,18). The van der Waals surface area contributed by atoms with Gasteiger partial charge in [-0.05, 0) is 18.1 Å². The van der Waals surface area contributed by atoms with Crippen molar-refractivity contribution < 1.29 is 23.2 Å². The van der Waals surface area contributed by atoms with E-state index in [0.717, 1.165) is 0 Å². The van der Waals surface area contributed by atoms with Gasteiger partial charge in [0.25, 0.3) is 0 Å². The smallest absolute Gasteiger partial charge is 0.391 e. The normalized spacial score (nSPS) is 12.6. The zero-order valence-electron chi connectivity index (χ0n) is 12.5. The van der Waals surface area contributed by atoms with Crippen molar-refractivity contribution in [3.63, 3.8) is 0 Å². The summed E-state index contributed by atoms with van der Waals surface area (Å²) < 4.78 is 22.2. The van der Waals surface area contributed by atoms with Crippen LogP contribution in [0.3, 0.4) is 0 Å². The average Bonchev–Trinajstić information content (AvgIpc) is 2.92. The molecule has 0 atom stereocenters. The van der Waals surface area contributed by atoms with Crippen LogP contribution in [-0.2, 0) is 11.0 Å². The molecule has 0 spiro atoms. The number of rotatable bonds is 5. The van der Waals surface area contributed by atoms with Gasteiger partial charge in [0, 0.05) is 12.3 Å². The molecule has 2 aromatic heterocycles. The van der Waals surface area contributed by atoms with E-state index >= 15 is 0 Å². The van der Waals surface area contributed by atoms with E-state index in [1.165, 1.54) is 12.1 Å². The Morgan fingerprint density at radius 3 is 2.33 bits per heavy atom. The molecule has 0 amide bonds. The topological polar surface area (TPSA) is 96.7 Å². The summed E-state index contributed by atoms with van der Waals surface area (Å²) in [6, 6.07) is 2.79. The van der Waals surface area contributed by atoms with Gasteiger partial charge in [-0.25, -0.2) is 4.98 Å². The Morgan fingerprint density at radius 2 is 1.86 bits per heavy atom. The number of furan rings is 1. The molecule has 116 valence electrons. The summed E-state index contributed by atoms with van der Waals surface area (Å²) >= 11 is 0. The van der Waals surface area contributed by atoms with Gasteiger partial charge < -0.3 is 18.6 Å². The lowest BCUT2D eigenvalue weighted by molar-refractivity contribution is 0.377. The van der Waals surface area contributed by atoms with Crippen molar-refractivity contribution in [1.82, 2.24) is 4.98 Å². The van der Waals surface area contributed by atoms with Crippen LogP contribution >= 0.6 is 7.60 Å². The molecule has 2 N–H and O–H groups in total. The van der Waals surface area contributed by atoms with E-state index in [1.807, 2.05) is 13.8 Å². The van der Waals surface area contributed by atoms with Crippen LogP contribution in [0.1, 0.15) is 45.3 Å². The zero-order valence-corrected chi connectivity index (χ0v) is 13.4. The summed E-state index contributed by atoms with van der Waals surface area (Å²) in [4.78, 5) is 22.7. The van der Waals surface area contributed by atoms with Crippen molar-refractivity contribution in [3.05, 3.63) is 23.8 Å². The second-order valence-electron chi connectivity index (χ2n) is 5.76. The van der Waals surface area contributed by atoms with Gasteiger partial charge in [-0.3, -0.25) is 4.57 Å². The maximum Gasteiger partial charge on any atom is 0.391 e. The van der Waals surface area contributed by atoms with Crippen molar-refractivity contribution in [1.29, 1.82) is 0 Å². The largest absolute Gasteiger partial charge is 0.446 e. The third kappa shape index (κ3) is 3.64. The van der Waals surface area contributed by atoms with Gasteiger partial charge in [-0.1, -0.05) is 27.7 Å². The van der Waals surface area contributed by atoms with Crippen LogP contribution < -0.4 is 5.50 Å².